The zero-order valence-electron chi connectivity index (χ0n) is 12.2. The van der Waals surface area contributed by atoms with Crippen molar-refractivity contribution in [2.45, 2.75) is 37.5 Å². The van der Waals surface area contributed by atoms with E-state index in [1.165, 1.54) is 0 Å². The number of aliphatic hydroxyl groups is 1. The fourth-order valence-corrected chi connectivity index (χ4v) is 3.67. The van der Waals surface area contributed by atoms with Gasteiger partial charge in [0.25, 0.3) is 0 Å². The van der Waals surface area contributed by atoms with Crippen molar-refractivity contribution in [3.8, 4) is 0 Å². The predicted octanol–water partition coefficient (Wildman–Crippen LogP) is 1.88. The molecule has 0 radical (unpaired) electrons. The topological polar surface area (TPSA) is 54.4 Å². The monoisotopic (exact) mass is 284 g/mol. The standard InChI is InChI=1S/C17H20N2O2/c1-11-2-3-12-6-13(4-5-16(12)18-11)17(20)7-14-9-21-10-15(8-17)19-14/h2-6,14-15,19-20H,7-10H2,1H3. The molecular formula is C17H20N2O2. The fraction of sp³-hybridized carbons (Fsp3) is 0.471. The highest BCUT2D eigenvalue weighted by molar-refractivity contribution is 5.79. The highest BCUT2D eigenvalue weighted by Crippen LogP contribution is 2.37. The number of hydrogen-bond acceptors (Lipinski definition) is 4. The van der Waals surface area contributed by atoms with Crippen LogP contribution in [0.3, 0.4) is 0 Å². The van der Waals surface area contributed by atoms with Gasteiger partial charge in [0, 0.05) is 23.2 Å². The highest BCUT2D eigenvalue weighted by atomic mass is 16.5. The number of benzene rings is 1. The summed E-state index contributed by atoms with van der Waals surface area (Å²) in [5.74, 6) is 0. The minimum atomic E-state index is -0.760. The van der Waals surface area contributed by atoms with E-state index in [1.54, 1.807) is 0 Å². The van der Waals surface area contributed by atoms with Crippen molar-refractivity contribution in [2.75, 3.05) is 13.2 Å². The van der Waals surface area contributed by atoms with Gasteiger partial charge in [-0.25, -0.2) is 0 Å². The summed E-state index contributed by atoms with van der Waals surface area (Å²) in [6, 6.07) is 10.7. The van der Waals surface area contributed by atoms with Crippen molar-refractivity contribution in [3.05, 3.63) is 41.6 Å². The van der Waals surface area contributed by atoms with Gasteiger partial charge in [-0.3, -0.25) is 4.98 Å². The van der Waals surface area contributed by atoms with Gasteiger partial charge in [0.2, 0.25) is 0 Å². The number of pyridine rings is 1. The van der Waals surface area contributed by atoms with E-state index in [0.29, 0.717) is 26.1 Å². The van der Waals surface area contributed by atoms with E-state index in [-0.39, 0.29) is 12.1 Å². The molecular weight excluding hydrogens is 264 g/mol. The lowest BCUT2D eigenvalue weighted by molar-refractivity contribution is -0.0801. The Morgan fingerprint density at radius 2 is 1.95 bits per heavy atom. The van der Waals surface area contributed by atoms with Crippen molar-refractivity contribution in [3.63, 3.8) is 0 Å². The second-order valence-corrected chi connectivity index (χ2v) is 6.40. The largest absolute Gasteiger partial charge is 0.385 e. The average molecular weight is 284 g/mol. The number of ether oxygens (including phenoxy) is 1. The van der Waals surface area contributed by atoms with Crippen LogP contribution in [-0.4, -0.2) is 35.4 Å². The summed E-state index contributed by atoms with van der Waals surface area (Å²) in [6.45, 7) is 3.37. The fourth-order valence-electron chi connectivity index (χ4n) is 3.67. The van der Waals surface area contributed by atoms with Crippen LogP contribution >= 0.6 is 0 Å². The zero-order chi connectivity index (χ0) is 14.4. The maximum Gasteiger partial charge on any atom is 0.0928 e. The van der Waals surface area contributed by atoms with Gasteiger partial charge in [-0.2, -0.15) is 0 Å². The third-order valence-electron chi connectivity index (χ3n) is 4.64. The molecule has 2 unspecified atom stereocenters. The molecule has 4 rings (SSSR count). The summed E-state index contributed by atoms with van der Waals surface area (Å²) in [6.07, 6.45) is 1.41. The Kier molecular flexibility index (Phi) is 2.99. The Balaban J connectivity index is 1.73. The molecule has 4 nitrogen and oxygen atoms in total. The Labute approximate surface area is 124 Å². The minimum absolute atomic E-state index is 0.245. The number of nitrogens with zero attached hydrogens (tertiary/aromatic N) is 1. The van der Waals surface area contributed by atoms with Gasteiger partial charge in [-0.15, -0.1) is 0 Å². The smallest absolute Gasteiger partial charge is 0.0928 e. The number of piperidine rings is 1. The van der Waals surface area contributed by atoms with Gasteiger partial charge in [-0.1, -0.05) is 12.1 Å². The average Bonchev–Trinajstić information content (AvgIpc) is 2.46. The predicted molar refractivity (Wildman–Crippen MR) is 81.1 cm³/mol. The van der Waals surface area contributed by atoms with Crippen LogP contribution in [-0.2, 0) is 10.3 Å². The van der Waals surface area contributed by atoms with E-state index in [1.807, 2.05) is 25.1 Å². The zero-order valence-corrected chi connectivity index (χ0v) is 12.2. The van der Waals surface area contributed by atoms with Crippen LogP contribution in [0.4, 0.5) is 0 Å². The molecule has 1 aromatic heterocycles. The van der Waals surface area contributed by atoms with Crippen LogP contribution in [0, 0.1) is 6.92 Å². The third-order valence-corrected chi connectivity index (χ3v) is 4.64. The van der Waals surface area contributed by atoms with Crippen LogP contribution in [0.15, 0.2) is 30.3 Å². The molecule has 110 valence electrons. The number of morpholine rings is 1. The third kappa shape index (κ3) is 2.33. The van der Waals surface area contributed by atoms with Crippen LogP contribution in [0.25, 0.3) is 10.9 Å². The summed E-state index contributed by atoms with van der Waals surface area (Å²) in [5, 5.41) is 15.8. The van der Waals surface area contributed by atoms with E-state index >= 15 is 0 Å². The lowest BCUT2D eigenvalue weighted by Gasteiger charge is -2.45. The van der Waals surface area contributed by atoms with Crippen LogP contribution in [0.2, 0.25) is 0 Å². The molecule has 0 saturated carbocycles. The van der Waals surface area contributed by atoms with E-state index in [4.69, 9.17) is 4.74 Å². The molecule has 2 bridgehead atoms. The summed E-state index contributed by atoms with van der Waals surface area (Å²) in [7, 11) is 0. The maximum atomic E-state index is 11.1. The van der Waals surface area contributed by atoms with E-state index < -0.39 is 5.60 Å². The van der Waals surface area contributed by atoms with E-state index in [9.17, 15) is 5.11 Å². The molecule has 0 amide bonds. The summed E-state index contributed by atoms with van der Waals surface area (Å²) in [5.41, 5.74) is 2.24. The van der Waals surface area contributed by atoms with Crippen LogP contribution in [0.1, 0.15) is 24.1 Å². The summed E-state index contributed by atoms with van der Waals surface area (Å²) < 4.78 is 5.57. The van der Waals surface area contributed by atoms with Gasteiger partial charge in [0.1, 0.15) is 0 Å². The van der Waals surface area contributed by atoms with Crippen molar-refractivity contribution in [1.29, 1.82) is 0 Å². The Morgan fingerprint density at radius 3 is 2.71 bits per heavy atom. The number of nitrogens with one attached hydrogen (secondary N) is 1. The molecule has 2 aliphatic rings. The van der Waals surface area contributed by atoms with Gasteiger partial charge in [0.15, 0.2) is 0 Å². The first-order chi connectivity index (χ1) is 10.1. The first-order valence-corrected chi connectivity index (χ1v) is 7.56. The Hall–Kier alpha value is -1.49. The number of aromatic nitrogens is 1. The lowest BCUT2D eigenvalue weighted by Crippen LogP contribution is -2.58. The van der Waals surface area contributed by atoms with Crippen molar-refractivity contribution >= 4 is 10.9 Å². The maximum absolute atomic E-state index is 11.1. The van der Waals surface area contributed by atoms with Crippen LogP contribution in [0.5, 0.6) is 0 Å². The van der Waals surface area contributed by atoms with Gasteiger partial charge in [-0.05, 0) is 43.5 Å². The van der Waals surface area contributed by atoms with Crippen molar-refractivity contribution < 1.29 is 9.84 Å². The molecule has 0 spiro atoms. The van der Waals surface area contributed by atoms with E-state index in [2.05, 4.69) is 22.4 Å². The molecule has 0 aliphatic carbocycles. The molecule has 1 aromatic carbocycles. The molecule has 2 fully saturated rings. The molecule has 2 N–H and O–H groups in total. The molecule has 2 aliphatic heterocycles. The first-order valence-electron chi connectivity index (χ1n) is 7.56. The number of rotatable bonds is 1. The second-order valence-electron chi connectivity index (χ2n) is 6.40. The van der Waals surface area contributed by atoms with Crippen LogP contribution < -0.4 is 5.32 Å². The molecule has 4 heteroatoms. The SMILES string of the molecule is Cc1ccc2cc(C3(O)CC4COCC(C3)N4)ccc2n1. The van der Waals surface area contributed by atoms with Crippen molar-refractivity contribution in [2.24, 2.45) is 0 Å². The van der Waals surface area contributed by atoms with Gasteiger partial charge < -0.3 is 15.2 Å². The molecule has 3 heterocycles. The number of fused-ring (bicyclic) bond motifs is 3. The lowest BCUT2D eigenvalue weighted by atomic mass is 9.78. The highest BCUT2D eigenvalue weighted by Gasteiger charge is 2.42. The molecule has 2 atom stereocenters. The summed E-state index contributed by atoms with van der Waals surface area (Å²) >= 11 is 0. The Bertz CT molecular complexity index is 674. The van der Waals surface area contributed by atoms with Gasteiger partial charge >= 0.3 is 0 Å². The van der Waals surface area contributed by atoms with E-state index in [0.717, 1.165) is 22.2 Å². The Morgan fingerprint density at radius 1 is 1.19 bits per heavy atom. The number of hydrogen-bond donors (Lipinski definition) is 2. The molecule has 21 heavy (non-hydrogen) atoms. The van der Waals surface area contributed by atoms with Crippen molar-refractivity contribution in [1.82, 2.24) is 10.3 Å². The number of aryl methyl sites for hydroxylation is 1. The summed E-state index contributed by atoms with van der Waals surface area (Å²) in [4.78, 5) is 4.53. The van der Waals surface area contributed by atoms with Gasteiger partial charge in [0.05, 0.1) is 24.3 Å². The molecule has 2 saturated heterocycles. The second kappa shape index (κ2) is 4.77. The molecule has 2 aromatic rings. The normalized spacial score (nSPS) is 32.3. The quantitative estimate of drug-likeness (QED) is 0.839. The minimum Gasteiger partial charge on any atom is -0.385 e. The first kappa shape index (κ1) is 13.2.